The zero-order valence-electron chi connectivity index (χ0n) is 12.9. The fraction of sp³-hybridized carbons (Fsp3) is 0.933. The fourth-order valence-electron chi connectivity index (χ4n) is 2.97. The monoisotopic (exact) mass is 270 g/mol. The average molecular weight is 270 g/mol. The summed E-state index contributed by atoms with van der Waals surface area (Å²) in [5.74, 6) is 0.344. The molecule has 1 atom stereocenters. The molecule has 0 radical (unpaired) electrons. The predicted octanol–water partition coefficient (Wildman–Crippen LogP) is 1.77. The minimum atomic E-state index is -0.133. The van der Waals surface area contributed by atoms with Crippen molar-refractivity contribution in [2.45, 2.75) is 64.5 Å². The van der Waals surface area contributed by atoms with Gasteiger partial charge in [-0.3, -0.25) is 4.79 Å². The van der Waals surface area contributed by atoms with Gasteiger partial charge in [-0.1, -0.05) is 13.8 Å². The van der Waals surface area contributed by atoms with Gasteiger partial charge >= 0.3 is 0 Å². The van der Waals surface area contributed by atoms with Crippen molar-refractivity contribution < 1.29 is 9.90 Å². The summed E-state index contributed by atoms with van der Waals surface area (Å²) in [6.07, 6.45) is 5.49. The first-order valence-electron chi connectivity index (χ1n) is 7.56. The van der Waals surface area contributed by atoms with Gasteiger partial charge in [-0.15, -0.1) is 0 Å². The lowest BCUT2D eigenvalue weighted by molar-refractivity contribution is -0.138. The first kappa shape index (κ1) is 16.4. The van der Waals surface area contributed by atoms with E-state index in [-0.39, 0.29) is 11.5 Å². The summed E-state index contributed by atoms with van der Waals surface area (Å²) in [6, 6.07) is 0.393. The van der Waals surface area contributed by atoms with E-state index in [0.29, 0.717) is 11.9 Å². The Morgan fingerprint density at radius 2 is 1.84 bits per heavy atom. The second kappa shape index (κ2) is 7.25. The maximum absolute atomic E-state index is 12.3. The maximum atomic E-state index is 12.3. The molecule has 4 nitrogen and oxygen atoms in total. The Morgan fingerprint density at radius 1 is 1.32 bits per heavy atom. The molecule has 112 valence electrons. The Kier molecular flexibility index (Phi) is 6.27. The van der Waals surface area contributed by atoms with Crippen molar-refractivity contribution in [3.8, 4) is 0 Å². The molecular formula is C15H30N2O2. The number of likely N-dealkylation sites (tertiary alicyclic amines) is 1. The number of carbonyl (C=O) groups is 1. The summed E-state index contributed by atoms with van der Waals surface area (Å²) in [6.45, 7) is 5.11. The van der Waals surface area contributed by atoms with E-state index in [4.69, 9.17) is 0 Å². The van der Waals surface area contributed by atoms with E-state index >= 15 is 0 Å². The van der Waals surface area contributed by atoms with E-state index in [2.05, 4.69) is 24.1 Å². The van der Waals surface area contributed by atoms with Crippen LogP contribution in [0.1, 0.15) is 52.4 Å². The van der Waals surface area contributed by atoms with Crippen LogP contribution in [0, 0.1) is 5.41 Å². The molecule has 0 bridgehead atoms. The molecule has 0 spiro atoms. The molecule has 2 rings (SSSR count). The molecule has 4 heteroatoms. The minimum Gasteiger partial charge on any atom is -0.393 e. The van der Waals surface area contributed by atoms with E-state index in [9.17, 15) is 9.90 Å². The van der Waals surface area contributed by atoms with Crippen LogP contribution in [-0.2, 0) is 4.79 Å². The van der Waals surface area contributed by atoms with Gasteiger partial charge in [0.25, 0.3) is 0 Å². The number of carbonyl (C=O) groups excluding carboxylic acids is 1. The molecule has 2 aliphatic rings. The zero-order chi connectivity index (χ0) is 14.5. The number of rotatable bonds is 2. The number of hydrogen-bond acceptors (Lipinski definition) is 3. The fourth-order valence-corrected chi connectivity index (χ4v) is 2.97. The lowest BCUT2D eigenvalue weighted by Crippen LogP contribution is -2.42. The van der Waals surface area contributed by atoms with E-state index < -0.39 is 0 Å². The van der Waals surface area contributed by atoms with Gasteiger partial charge in [-0.05, 0) is 52.6 Å². The summed E-state index contributed by atoms with van der Waals surface area (Å²) >= 11 is 0. The van der Waals surface area contributed by atoms with Crippen LogP contribution in [0.25, 0.3) is 0 Å². The Labute approximate surface area is 117 Å². The van der Waals surface area contributed by atoms with Gasteiger partial charge in [-0.2, -0.15) is 0 Å². The van der Waals surface area contributed by atoms with Crippen LogP contribution in [-0.4, -0.2) is 48.7 Å². The number of nitrogens with one attached hydrogen (secondary N) is 1. The molecule has 2 fully saturated rings. The maximum Gasteiger partial charge on any atom is 0.228 e. The van der Waals surface area contributed by atoms with E-state index in [0.717, 1.165) is 45.1 Å². The Hall–Kier alpha value is -0.610. The lowest BCUT2D eigenvalue weighted by atomic mass is 9.86. The number of nitrogens with zero attached hydrogens (tertiary/aromatic N) is 1. The third-order valence-corrected chi connectivity index (χ3v) is 4.57. The highest BCUT2D eigenvalue weighted by molar-refractivity contribution is 5.84. The Morgan fingerprint density at radius 3 is 2.26 bits per heavy atom. The molecule has 1 aliphatic carbocycles. The lowest BCUT2D eigenvalue weighted by Gasteiger charge is -2.34. The standard InChI is InChI=1S/C13H23NO2.C2H7N/c1-3-13(2)8-9-14(12(13)16)10-4-6-11(15)7-5-10;1-3-2/h10-11,15H,3-9H2,1-2H3;3H,1-2H3. The van der Waals surface area contributed by atoms with Crippen LogP contribution in [0.5, 0.6) is 0 Å². The SMILES string of the molecule is CCC1(C)CCN(C2CCC(O)CC2)C1=O.CNC. The number of aliphatic hydroxyl groups excluding tert-OH is 1. The number of amides is 1. The highest BCUT2D eigenvalue weighted by atomic mass is 16.3. The summed E-state index contributed by atoms with van der Waals surface area (Å²) in [4.78, 5) is 14.4. The molecular weight excluding hydrogens is 240 g/mol. The number of hydrogen-bond donors (Lipinski definition) is 2. The van der Waals surface area contributed by atoms with Gasteiger partial charge in [0.2, 0.25) is 5.91 Å². The highest BCUT2D eigenvalue weighted by Crippen LogP contribution is 2.38. The molecule has 0 aromatic heterocycles. The van der Waals surface area contributed by atoms with Crippen molar-refractivity contribution in [2.75, 3.05) is 20.6 Å². The van der Waals surface area contributed by atoms with Crippen molar-refractivity contribution in [3.05, 3.63) is 0 Å². The van der Waals surface area contributed by atoms with Crippen molar-refractivity contribution >= 4 is 5.91 Å². The molecule has 1 unspecified atom stereocenters. The second-order valence-electron chi connectivity index (χ2n) is 6.13. The second-order valence-corrected chi connectivity index (χ2v) is 6.13. The average Bonchev–Trinajstić information content (AvgIpc) is 2.69. The molecule has 19 heavy (non-hydrogen) atoms. The summed E-state index contributed by atoms with van der Waals surface area (Å²) in [5, 5.41) is 12.2. The summed E-state index contributed by atoms with van der Waals surface area (Å²) in [7, 11) is 3.75. The predicted molar refractivity (Wildman–Crippen MR) is 78.0 cm³/mol. The van der Waals surface area contributed by atoms with E-state index in [1.54, 1.807) is 0 Å². The van der Waals surface area contributed by atoms with Gasteiger partial charge < -0.3 is 15.3 Å². The van der Waals surface area contributed by atoms with Gasteiger partial charge in [0.1, 0.15) is 0 Å². The topological polar surface area (TPSA) is 52.6 Å². The van der Waals surface area contributed by atoms with Crippen LogP contribution in [0.2, 0.25) is 0 Å². The van der Waals surface area contributed by atoms with Crippen molar-refractivity contribution in [3.63, 3.8) is 0 Å². The third-order valence-electron chi connectivity index (χ3n) is 4.57. The molecule has 0 aromatic carbocycles. The molecule has 1 heterocycles. The molecule has 0 aromatic rings. The Bertz CT molecular complexity index is 288. The highest BCUT2D eigenvalue weighted by Gasteiger charge is 2.44. The van der Waals surface area contributed by atoms with Crippen LogP contribution in [0.4, 0.5) is 0 Å². The summed E-state index contributed by atoms with van der Waals surface area (Å²) in [5.41, 5.74) is -0.115. The minimum absolute atomic E-state index is 0.115. The van der Waals surface area contributed by atoms with Gasteiger partial charge in [0, 0.05) is 18.0 Å². The Balaban J connectivity index is 0.000000550. The van der Waals surface area contributed by atoms with Crippen LogP contribution < -0.4 is 5.32 Å². The third kappa shape index (κ3) is 3.93. The largest absolute Gasteiger partial charge is 0.393 e. The molecule has 1 saturated carbocycles. The quantitative estimate of drug-likeness (QED) is 0.804. The smallest absolute Gasteiger partial charge is 0.228 e. The van der Waals surface area contributed by atoms with Crippen molar-refractivity contribution in [1.82, 2.24) is 10.2 Å². The van der Waals surface area contributed by atoms with Gasteiger partial charge in [0.05, 0.1) is 6.10 Å². The number of aliphatic hydroxyl groups is 1. The molecule has 2 N–H and O–H groups in total. The van der Waals surface area contributed by atoms with Crippen LogP contribution >= 0.6 is 0 Å². The van der Waals surface area contributed by atoms with Crippen molar-refractivity contribution in [2.24, 2.45) is 5.41 Å². The molecule has 1 aliphatic heterocycles. The van der Waals surface area contributed by atoms with Gasteiger partial charge in [-0.25, -0.2) is 0 Å². The van der Waals surface area contributed by atoms with Crippen LogP contribution in [0.3, 0.4) is 0 Å². The zero-order valence-corrected chi connectivity index (χ0v) is 12.9. The molecule has 1 amide bonds. The normalized spacial score (nSPS) is 35.0. The first-order chi connectivity index (χ1) is 8.98. The van der Waals surface area contributed by atoms with Gasteiger partial charge in [0.15, 0.2) is 0 Å². The first-order valence-corrected chi connectivity index (χ1v) is 7.56. The van der Waals surface area contributed by atoms with Crippen LogP contribution in [0.15, 0.2) is 0 Å². The van der Waals surface area contributed by atoms with E-state index in [1.807, 2.05) is 14.1 Å². The summed E-state index contributed by atoms with van der Waals surface area (Å²) < 4.78 is 0. The molecule has 1 saturated heterocycles. The van der Waals surface area contributed by atoms with Crippen molar-refractivity contribution in [1.29, 1.82) is 0 Å². The van der Waals surface area contributed by atoms with E-state index in [1.165, 1.54) is 0 Å².